The van der Waals surface area contributed by atoms with Gasteiger partial charge in [0.05, 0.1) is 0 Å². The van der Waals surface area contributed by atoms with E-state index in [2.05, 4.69) is 5.32 Å². The molecule has 0 atom stereocenters. The zero-order chi connectivity index (χ0) is 9.73. The molecular formula is C10H18ClNO. The van der Waals surface area contributed by atoms with E-state index in [1.807, 2.05) is 6.92 Å². The molecule has 0 amide bonds. The molecule has 0 aromatic heterocycles. The second-order valence-electron chi connectivity index (χ2n) is 4.03. The predicted molar refractivity (Wildman–Crippen MR) is 55.8 cm³/mol. The Morgan fingerprint density at radius 1 is 1.62 bits per heavy atom. The maximum absolute atomic E-state index is 8.84. The lowest BCUT2D eigenvalue weighted by molar-refractivity contribution is 0.246. The summed E-state index contributed by atoms with van der Waals surface area (Å²) in [4.78, 5) is 0. The van der Waals surface area contributed by atoms with E-state index in [-0.39, 0.29) is 0 Å². The second-order valence-corrected chi connectivity index (χ2v) is 4.25. The minimum Gasteiger partial charge on any atom is -0.396 e. The highest BCUT2D eigenvalue weighted by Gasteiger charge is 2.41. The molecule has 3 heteroatoms. The summed E-state index contributed by atoms with van der Waals surface area (Å²) in [6.07, 6.45) is 3.44. The van der Waals surface area contributed by atoms with Gasteiger partial charge in [0.1, 0.15) is 0 Å². The van der Waals surface area contributed by atoms with Gasteiger partial charge in [0.25, 0.3) is 0 Å². The van der Waals surface area contributed by atoms with Crippen molar-refractivity contribution in [2.24, 2.45) is 5.41 Å². The van der Waals surface area contributed by atoms with Crippen LogP contribution in [0.2, 0.25) is 0 Å². The Morgan fingerprint density at radius 3 is 2.77 bits per heavy atom. The van der Waals surface area contributed by atoms with Gasteiger partial charge in [0, 0.05) is 25.2 Å². The van der Waals surface area contributed by atoms with Gasteiger partial charge in [-0.15, -0.1) is 0 Å². The molecule has 0 heterocycles. The summed E-state index contributed by atoms with van der Waals surface area (Å²) < 4.78 is 0. The Bertz CT molecular complexity index is 187. The van der Waals surface area contributed by atoms with E-state index in [4.69, 9.17) is 16.7 Å². The molecule has 2 N–H and O–H groups in total. The highest BCUT2D eigenvalue weighted by Crippen LogP contribution is 2.47. The smallest absolute Gasteiger partial charge is 0.0436 e. The van der Waals surface area contributed by atoms with Crippen LogP contribution in [-0.4, -0.2) is 24.8 Å². The highest BCUT2D eigenvalue weighted by atomic mass is 35.5. The average Bonchev–Trinajstić information content (AvgIpc) is 2.86. The van der Waals surface area contributed by atoms with E-state index in [0.717, 1.165) is 25.1 Å². The van der Waals surface area contributed by atoms with E-state index in [9.17, 15) is 0 Å². The number of aliphatic hydroxyl groups excluding tert-OH is 1. The molecule has 2 nitrogen and oxygen atoms in total. The van der Waals surface area contributed by atoms with Crippen LogP contribution in [0.5, 0.6) is 0 Å². The first-order valence-electron chi connectivity index (χ1n) is 4.80. The Kier molecular flexibility index (Phi) is 4.23. The van der Waals surface area contributed by atoms with Gasteiger partial charge in [-0.2, -0.15) is 0 Å². The summed E-state index contributed by atoms with van der Waals surface area (Å²) in [5.41, 5.74) is 3.17. The van der Waals surface area contributed by atoms with Crippen LogP contribution in [0.3, 0.4) is 0 Å². The molecule has 1 aliphatic rings. The van der Waals surface area contributed by atoms with Crippen LogP contribution in [-0.2, 0) is 0 Å². The fraction of sp³-hybridized carbons (Fsp3) is 0.800. The molecule has 76 valence electrons. The van der Waals surface area contributed by atoms with Crippen molar-refractivity contribution < 1.29 is 5.11 Å². The summed E-state index contributed by atoms with van der Waals surface area (Å²) in [7, 11) is 0. The van der Waals surface area contributed by atoms with Gasteiger partial charge in [-0.1, -0.05) is 11.6 Å². The molecule has 1 aliphatic carbocycles. The van der Waals surface area contributed by atoms with Crippen LogP contribution in [0.4, 0.5) is 0 Å². The molecule has 0 unspecified atom stereocenters. The van der Waals surface area contributed by atoms with Crippen molar-refractivity contribution in [1.29, 1.82) is 0 Å². The van der Waals surface area contributed by atoms with Crippen LogP contribution in [0, 0.1) is 5.41 Å². The molecular weight excluding hydrogens is 186 g/mol. The lowest BCUT2D eigenvalue weighted by atomic mass is 10.0. The maximum Gasteiger partial charge on any atom is 0.0436 e. The molecule has 13 heavy (non-hydrogen) atoms. The summed E-state index contributed by atoms with van der Waals surface area (Å²) >= 11 is 5.54. The normalized spacial score (nSPS) is 20.4. The van der Waals surface area contributed by atoms with Gasteiger partial charge in [-0.25, -0.2) is 0 Å². The minimum atomic E-state index is 0.312. The van der Waals surface area contributed by atoms with Crippen LogP contribution in [0.1, 0.15) is 26.2 Å². The van der Waals surface area contributed by atoms with E-state index in [1.165, 1.54) is 12.8 Å². The quantitative estimate of drug-likeness (QED) is 0.691. The van der Waals surface area contributed by atoms with Gasteiger partial charge < -0.3 is 10.4 Å². The first-order chi connectivity index (χ1) is 6.22. The summed E-state index contributed by atoms with van der Waals surface area (Å²) in [6, 6.07) is 0. The number of hydrogen-bond donors (Lipinski definition) is 2. The van der Waals surface area contributed by atoms with E-state index >= 15 is 0 Å². The Morgan fingerprint density at radius 2 is 2.31 bits per heavy atom. The maximum atomic E-state index is 8.84. The SMILES string of the molecule is CC(=CCl)CNCC1(CCO)CC1. The van der Waals surface area contributed by atoms with Crippen molar-refractivity contribution in [2.45, 2.75) is 26.2 Å². The Hall–Kier alpha value is -0.0500. The summed E-state index contributed by atoms with van der Waals surface area (Å²) in [5, 5.41) is 12.2. The third-order valence-corrected chi connectivity index (χ3v) is 3.06. The van der Waals surface area contributed by atoms with Crippen molar-refractivity contribution in [1.82, 2.24) is 5.32 Å². The number of hydrogen-bond acceptors (Lipinski definition) is 2. The molecule has 0 aromatic carbocycles. The molecule has 0 aliphatic heterocycles. The highest BCUT2D eigenvalue weighted by molar-refractivity contribution is 6.25. The monoisotopic (exact) mass is 203 g/mol. The number of rotatable bonds is 6. The molecule has 1 rings (SSSR count). The lowest BCUT2D eigenvalue weighted by Gasteiger charge is -2.14. The molecule has 0 spiro atoms. The molecule has 0 radical (unpaired) electrons. The van der Waals surface area contributed by atoms with Crippen molar-refractivity contribution >= 4 is 11.6 Å². The van der Waals surface area contributed by atoms with Gasteiger partial charge in [-0.05, 0) is 37.2 Å². The third-order valence-electron chi connectivity index (χ3n) is 2.69. The Balaban J connectivity index is 2.12. The van der Waals surface area contributed by atoms with Crippen LogP contribution >= 0.6 is 11.6 Å². The topological polar surface area (TPSA) is 32.3 Å². The van der Waals surface area contributed by atoms with Gasteiger partial charge in [-0.3, -0.25) is 0 Å². The first kappa shape index (κ1) is 11.0. The van der Waals surface area contributed by atoms with E-state index in [1.54, 1.807) is 5.54 Å². The molecule has 0 bridgehead atoms. The minimum absolute atomic E-state index is 0.312. The summed E-state index contributed by atoms with van der Waals surface area (Å²) in [6.45, 7) is 4.18. The van der Waals surface area contributed by atoms with E-state index in [0.29, 0.717) is 12.0 Å². The average molecular weight is 204 g/mol. The number of aliphatic hydroxyl groups is 1. The molecule has 1 fully saturated rings. The molecule has 0 saturated heterocycles. The summed E-state index contributed by atoms with van der Waals surface area (Å²) in [5.74, 6) is 0. The lowest BCUT2D eigenvalue weighted by Crippen LogP contribution is -2.26. The van der Waals surface area contributed by atoms with Gasteiger partial charge in [0.15, 0.2) is 0 Å². The largest absolute Gasteiger partial charge is 0.396 e. The number of halogens is 1. The number of nitrogens with one attached hydrogen (secondary N) is 1. The fourth-order valence-electron chi connectivity index (χ4n) is 1.49. The van der Waals surface area contributed by atoms with Crippen molar-refractivity contribution in [3.05, 3.63) is 11.1 Å². The molecule has 0 aromatic rings. The first-order valence-corrected chi connectivity index (χ1v) is 5.23. The van der Waals surface area contributed by atoms with E-state index < -0.39 is 0 Å². The molecule has 1 saturated carbocycles. The fourth-order valence-corrected chi connectivity index (χ4v) is 1.57. The third kappa shape index (κ3) is 3.67. The van der Waals surface area contributed by atoms with Gasteiger partial charge >= 0.3 is 0 Å². The zero-order valence-electron chi connectivity index (χ0n) is 8.15. The van der Waals surface area contributed by atoms with Crippen LogP contribution in [0.15, 0.2) is 11.1 Å². The predicted octanol–water partition coefficient (Wildman–Crippen LogP) is 1.88. The second kappa shape index (κ2) is 4.99. The standard InChI is InChI=1S/C10H18ClNO/c1-9(6-11)7-12-8-10(2-3-10)4-5-13/h6,12-13H,2-5,7-8H2,1H3. The zero-order valence-corrected chi connectivity index (χ0v) is 8.90. The Labute approximate surface area is 85.0 Å². The van der Waals surface area contributed by atoms with Crippen LogP contribution < -0.4 is 5.32 Å². The van der Waals surface area contributed by atoms with Crippen LogP contribution in [0.25, 0.3) is 0 Å². The van der Waals surface area contributed by atoms with Gasteiger partial charge in [0.2, 0.25) is 0 Å². The van der Waals surface area contributed by atoms with Crippen molar-refractivity contribution in [3.63, 3.8) is 0 Å². The van der Waals surface area contributed by atoms with Crippen molar-refractivity contribution in [3.8, 4) is 0 Å². The van der Waals surface area contributed by atoms with Crippen molar-refractivity contribution in [2.75, 3.05) is 19.7 Å².